The standard InChI is InChI=1S/C5H7N3O2/c6-2-3-1-4(9)7-8-5(3)10/h3-5,9-10H,1H2. The summed E-state index contributed by atoms with van der Waals surface area (Å²) in [6.45, 7) is 0. The Balaban J connectivity index is 2.64. The van der Waals surface area contributed by atoms with E-state index in [0.717, 1.165) is 0 Å². The number of rotatable bonds is 0. The maximum absolute atomic E-state index is 8.89. The normalized spacial score (nSPS) is 39.1. The summed E-state index contributed by atoms with van der Waals surface area (Å²) in [5.74, 6) is -0.618. The summed E-state index contributed by atoms with van der Waals surface area (Å²) in [4.78, 5) is 0. The van der Waals surface area contributed by atoms with Crippen molar-refractivity contribution in [2.24, 2.45) is 16.1 Å². The molecule has 5 nitrogen and oxygen atoms in total. The van der Waals surface area contributed by atoms with E-state index in [1.165, 1.54) is 0 Å². The van der Waals surface area contributed by atoms with Gasteiger partial charge in [-0.15, -0.1) is 0 Å². The molecule has 1 rings (SSSR count). The fourth-order valence-electron chi connectivity index (χ4n) is 0.741. The largest absolute Gasteiger partial charge is 0.370 e. The quantitative estimate of drug-likeness (QED) is 0.481. The number of nitriles is 1. The van der Waals surface area contributed by atoms with Crippen LogP contribution in [0.3, 0.4) is 0 Å². The van der Waals surface area contributed by atoms with Gasteiger partial charge in [-0.1, -0.05) is 0 Å². The lowest BCUT2D eigenvalue weighted by molar-refractivity contribution is 0.0512. The highest BCUT2D eigenvalue weighted by molar-refractivity contribution is 4.89. The second-order valence-electron chi connectivity index (χ2n) is 2.10. The average Bonchev–Trinajstić information content (AvgIpc) is 1.94. The summed E-state index contributed by atoms with van der Waals surface area (Å²) >= 11 is 0. The highest BCUT2D eigenvalue weighted by Gasteiger charge is 2.25. The minimum Gasteiger partial charge on any atom is -0.370 e. The minimum absolute atomic E-state index is 0.168. The molecule has 0 saturated heterocycles. The Bertz CT molecular complexity index is 186. The predicted octanol–water partition coefficient (Wildman–Crippen LogP) is -0.381. The smallest absolute Gasteiger partial charge is 0.181 e. The van der Waals surface area contributed by atoms with E-state index < -0.39 is 18.4 Å². The molecule has 1 heterocycles. The van der Waals surface area contributed by atoms with E-state index in [0.29, 0.717) is 0 Å². The molecule has 3 unspecified atom stereocenters. The van der Waals surface area contributed by atoms with E-state index >= 15 is 0 Å². The van der Waals surface area contributed by atoms with Crippen LogP contribution in [0.2, 0.25) is 0 Å². The van der Waals surface area contributed by atoms with Crippen LogP contribution >= 0.6 is 0 Å². The second-order valence-corrected chi connectivity index (χ2v) is 2.10. The van der Waals surface area contributed by atoms with Gasteiger partial charge in [0.15, 0.2) is 12.5 Å². The highest BCUT2D eigenvalue weighted by Crippen LogP contribution is 2.18. The van der Waals surface area contributed by atoms with Gasteiger partial charge in [0.2, 0.25) is 0 Å². The van der Waals surface area contributed by atoms with Crippen molar-refractivity contribution in [1.82, 2.24) is 0 Å². The van der Waals surface area contributed by atoms with E-state index in [1.54, 1.807) is 0 Å². The van der Waals surface area contributed by atoms with Crippen LogP contribution in [0, 0.1) is 17.2 Å². The van der Waals surface area contributed by atoms with Crippen LogP contribution in [0.25, 0.3) is 0 Å². The third-order valence-electron chi connectivity index (χ3n) is 1.31. The number of hydrogen-bond donors (Lipinski definition) is 2. The van der Waals surface area contributed by atoms with Gasteiger partial charge in [0.1, 0.15) is 0 Å². The van der Waals surface area contributed by atoms with Gasteiger partial charge in [-0.05, 0) is 0 Å². The number of aliphatic hydroxyl groups is 2. The number of hydrogen-bond acceptors (Lipinski definition) is 5. The van der Waals surface area contributed by atoms with Crippen LogP contribution in [-0.2, 0) is 0 Å². The van der Waals surface area contributed by atoms with Crippen LogP contribution in [0.5, 0.6) is 0 Å². The molecule has 1 aliphatic heterocycles. The molecule has 0 aromatic rings. The lowest BCUT2D eigenvalue weighted by atomic mass is 10.0. The summed E-state index contributed by atoms with van der Waals surface area (Å²) < 4.78 is 0. The zero-order valence-electron chi connectivity index (χ0n) is 5.18. The number of azo groups is 1. The second kappa shape index (κ2) is 2.73. The van der Waals surface area contributed by atoms with Gasteiger partial charge in [-0.25, -0.2) is 0 Å². The molecule has 0 aliphatic carbocycles. The first kappa shape index (κ1) is 7.12. The molecule has 54 valence electrons. The molecule has 0 aromatic carbocycles. The molecule has 0 saturated carbocycles. The maximum atomic E-state index is 8.89. The summed E-state index contributed by atoms with van der Waals surface area (Å²) in [6, 6.07) is 1.82. The predicted molar refractivity (Wildman–Crippen MR) is 30.6 cm³/mol. The SMILES string of the molecule is N#CC1CC(O)N=NC1O. The zero-order chi connectivity index (χ0) is 7.56. The van der Waals surface area contributed by atoms with Crippen molar-refractivity contribution in [2.75, 3.05) is 0 Å². The van der Waals surface area contributed by atoms with Gasteiger partial charge in [-0.3, -0.25) is 0 Å². The van der Waals surface area contributed by atoms with E-state index in [2.05, 4.69) is 10.2 Å². The van der Waals surface area contributed by atoms with Gasteiger partial charge >= 0.3 is 0 Å². The van der Waals surface area contributed by atoms with E-state index in [4.69, 9.17) is 15.5 Å². The fourth-order valence-corrected chi connectivity index (χ4v) is 0.741. The molecule has 0 spiro atoms. The molecule has 2 N–H and O–H groups in total. The molecular formula is C5H7N3O2. The molecule has 3 atom stereocenters. The van der Waals surface area contributed by atoms with Crippen molar-refractivity contribution in [3.63, 3.8) is 0 Å². The number of nitrogens with zero attached hydrogens (tertiary/aromatic N) is 3. The Morgan fingerprint density at radius 3 is 2.60 bits per heavy atom. The van der Waals surface area contributed by atoms with Crippen molar-refractivity contribution in [3.8, 4) is 6.07 Å². The lowest BCUT2D eigenvalue weighted by Gasteiger charge is -2.17. The van der Waals surface area contributed by atoms with E-state index in [-0.39, 0.29) is 6.42 Å². The van der Waals surface area contributed by atoms with E-state index in [1.807, 2.05) is 6.07 Å². The van der Waals surface area contributed by atoms with Crippen molar-refractivity contribution in [3.05, 3.63) is 0 Å². The Morgan fingerprint density at radius 2 is 2.10 bits per heavy atom. The maximum Gasteiger partial charge on any atom is 0.181 e. The summed E-state index contributed by atoms with van der Waals surface area (Å²) in [7, 11) is 0. The molecule has 1 aliphatic rings. The Labute approximate surface area is 57.6 Å². The third kappa shape index (κ3) is 1.29. The van der Waals surface area contributed by atoms with Crippen LogP contribution in [0.1, 0.15) is 6.42 Å². The molecule has 0 aromatic heterocycles. The molecule has 0 amide bonds. The van der Waals surface area contributed by atoms with Crippen molar-refractivity contribution < 1.29 is 10.2 Å². The summed E-state index contributed by atoms with van der Waals surface area (Å²) in [5, 5.41) is 32.6. The van der Waals surface area contributed by atoms with Gasteiger partial charge < -0.3 is 10.2 Å². The first-order chi connectivity index (χ1) is 4.74. The molecule has 0 radical (unpaired) electrons. The molecule has 10 heavy (non-hydrogen) atoms. The molecule has 0 bridgehead atoms. The molecule has 0 fully saturated rings. The van der Waals surface area contributed by atoms with Crippen molar-refractivity contribution in [1.29, 1.82) is 5.26 Å². The Morgan fingerprint density at radius 1 is 1.40 bits per heavy atom. The Hall–Kier alpha value is -0.990. The highest BCUT2D eigenvalue weighted by atomic mass is 16.3. The van der Waals surface area contributed by atoms with E-state index in [9.17, 15) is 0 Å². The molecular weight excluding hydrogens is 134 g/mol. The Kier molecular flexibility index (Phi) is 1.94. The number of aliphatic hydroxyl groups excluding tert-OH is 2. The topological polar surface area (TPSA) is 89.0 Å². The molecule has 5 heteroatoms. The first-order valence-corrected chi connectivity index (χ1v) is 2.89. The van der Waals surface area contributed by atoms with Crippen LogP contribution in [0.4, 0.5) is 0 Å². The van der Waals surface area contributed by atoms with Crippen LogP contribution in [-0.4, -0.2) is 22.7 Å². The average molecular weight is 141 g/mol. The first-order valence-electron chi connectivity index (χ1n) is 2.89. The zero-order valence-corrected chi connectivity index (χ0v) is 5.18. The lowest BCUT2D eigenvalue weighted by Crippen LogP contribution is -2.25. The fraction of sp³-hybridized carbons (Fsp3) is 0.800. The van der Waals surface area contributed by atoms with Crippen LogP contribution < -0.4 is 0 Å². The van der Waals surface area contributed by atoms with Gasteiger partial charge in [0.25, 0.3) is 0 Å². The van der Waals surface area contributed by atoms with Crippen LogP contribution in [0.15, 0.2) is 10.2 Å². The summed E-state index contributed by atoms with van der Waals surface area (Å²) in [6.07, 6.45) is -1.82. The van der Waals surface area contributed by atoms with Gasteiger partial charge in [-0.2, -0.15) is 15.5 Å². The minimum atomic E-state index is -1.06. The van der Waals surface area contributed by atoms with Crippen molar-refractivity contribution >= 4 is 0 Å². The van der Waals surface area contributed by atoms with Gasteiger partial charge in [0.05, 0.1) is 12.0 Å². The van der Waals surface area contributed by atoms with Crippen molar-refractivity contribution in [2.45, 2.75) is 18.9 Å². The third-order valence-corrected chi connectivity index (χ3v) is 1.31. The van der Waals surface area contributed by atoms with Gasteiger partial charge in [0, 0.05) is 6.42 Å². The summed E-state index contributed by atoms with van der Waals surface area (Å²) in [5.41, 5.74) is 0. The monoisotopic (exact) mass is 141 g/mol.